The molecule has 0 bridgehead atoms. The highest BCUT2D eigenvalue weighted by molar-refractivity contribution is 7.99. The molecular formula is C44H27N7O6S. The minimum atomic E-state index is -0.494. The standard InChI is InChI=1S/C44H27N7O6S/c52-43-35(23-29-15-7-9-17-37(29)50(54)55)46-41(27-11-3-1-4-12-27)48(43)31-19-21-33-39(25-31)58-40-26-32(20-22-34(40)45-33)49-42(28-13-5-2-6-14-28)47-36(44(49)53)24-30-16-8-10-18-38(30)51(56)57/h1-26,45H/b35-23-,36-24+. The first kappa shape index (κ1) is 35.7. The maximum absolute atomic E-state index is 14.2. The van der Waals surface area contributed by atoms with Gasteiger partial charge in [0.2, 0.25) is 0 Å². The third-order valence-corrected chi connectivity index (χ3v) is 10.7. The van der Waals surface area contributed by atoms with Crippen molar-refractivity contribution in [3.63, 3.8) is 0 Å². The van der Waals surface area contributed by atoms with Gasteiger partial charge in [-0.05, 0) is 60.7 Å². The molecule has 9 rings (SSSR count). The third-order valence-electron chi connectivity index (χ3n) is 9.57. The van der Waals surface area contributed by atoms with Gasteiger partial charge in [-0.3, -0.25) is 39.6 Å². The monoisotopic (exact) mass is 781 g/mol. The van der Waals surface area contributed by atoms with E-state index in [1.165, 1.54) is 45.8 Å². The molecule has 0 unspecified atom stereocenters. The number of amides is 2. The normalized spacial score (nSPS) is 15.9. The summed E-state index contributed by atoms with van der Waals surface area (Å²) >= 11 is 1.44. The number of hydrogen-bond acceptors (Lipinski definition) is 10. The molecule has 2 amide bonds. The molecule has 0 radical (unpaired) electrons. The Morgan fingerprint density at radius 2 is 0.931 bits per heavy atom. The molecule has 0 atom stereocenters. The first-order chi connectivity index (χ1) is 28.2. The number of anilines is 4. The van der Waals surface area contributed by atoms with E-state index in [0.717, 1.165) is 21.2 Å². The molecule has 14 heteroatoms. The highest BCUT2D eigenvalue weighted by atomic mass is 32.2. The Bertz CT molecular complexity index is 2660. The van der Waals surface area contributed by atoms with Crippen LogP contribution in [0.3, 0.4) is 0 Å². The number of nitrogens with zero attached hydrogens (tertiary/aromatic N) is 6. The minimum Gasteiger partial charge on any atom is -0.354 e. The van der Waals surface area contributed by atoms with E-state index < -0.39 is 21.7 Å². The second kappa shape index (κ2) is 14.6. The predicted octanol–water partition coefficient (Wildman–Crippen LogP) is 9.38. The Morgan fingerprint density at radius 1 is 0.534 bits per heavy atom. The molecule has 0 saturated heterocycles. The molecule has 3 heterocycles. The number of nitro benzene ring substituents is 2. The average molecular weight is 782 g/mol. The van der Waals surface area contributed by atoms with Crippen LogP contribution >= 0.6 is 11.8 Å². The molecule has 6 aromatic carbocycles. The Balaban J connectivity index is 1.07. The van der Waals surface area contributed by atoms with Crippen LogP contribution in [0.1, 0.15) is 22.3 Å². The Kier molecular flexibility index (Phi) is 8.99. The molecule has 0 saturated carbocycles. The smallest absolute Gasteiger partial charge is 0.282 e. The summed E-state index contributed by atoms with van der Waals surface area (Å²) in [4.78, 5) is 64.9. The van der Waals surface area contributed by atoms with Crippen molar-refractivity contribution in [1.82, 2.24) is 0 Å². The Morgan fingerprint density at radius 3 is 1.34 bits per heavy atom. The van der Waals surface area contributed by atoms with Gasteiger partial charge in [0.1, 0.15) is 23.1 Å². The number of para-hydroxylation sites is 2. The molecule has 3 aliphatic rings. The van der Waals surface area contributed by atoms with E-state index in [0.29, 0.717) is 34.2 Å². The number of nitrogens with one attached hydrogen (secondary N) is 1. The minimum absolute atomic E-state index is 0.0492. The van der Waals surface area contributed by atoms with Crippen LogP contribution in [0, 0.1) is 20.2 Å². The molecular weight excluding hydrogens is 755 g/mol. The number of aliphatic imine (C=N–C) groups is 2. The van der Waals surface area contributed by atoms with E-state index in [4.69, 9.17) is 9.98 Å². The van der Waals surface area contributed by atoms with Gasteiger partial charge in [-0.25, -0.2) is 9.98 Å². The molecule has 6 aromatic rings. The van der Waals surface area contributed by atoms with E-state index in [1.54, 1.807) is 36.4 Å². The highest BCUT2D eigenvalue weighted by Gasteiger charge is 2.36. The van der Waals surface area contributed by atoms with E-state index in [2.05, 4.69) is 5.32 Å². The van der Waals surface area contributed by atoms with Crippen LogP contribution in [-0.4, -0.2) is 33.3 Å². The zero-order valence-corrected chi connectivity index (χ0v) is 30.9. The molecule has 0 spiro atoms. The Labute approximate surface area is 334 Å². The zero-order chi connectivity index (χ0) is 39.9. The van der Waals surface area contributed by atoms with Gasteiger partial charge in [0.05, 0.1) is 43.7 Å². The molecule has 280 valence electrons. The second-order valence-electron chi connectivity index (χ2n) is 13.2. The fourth-order valence-corrected chi connectivity index (χ4v) is 7.91. The van der Waals surface area contributed by atoms with Crippen LogP contribution in [-0.2, 0) is 9.59 Å². The lowest BCUT2D eigenvalue weighted by atomic mass is 10.1. The maximum atomic E-state index is 14.2. The molecule has 0 aromatic heterocycles. The number of rotatable bonds is 8. The molecule has 13 nitrogen and oxygen atoms in total. The number of fused-ring (bicyclic) bond motifs is 2. The topological polar surface area (TPSA) is 164 Å². The summed E-state index contributed by atoms with van der Waals surface area (Å²) in [5.74, 6) is -0.148. The molecule has 3 aliphatic heterocycles. The fraction of sp³-hybridized carbons (Fsp3) is 0. The van der Waals surface area contributed by atoms with Gasteiger partial charge < -0.3 is 5.32 Å². The van der Waals surface area contributed by atoms with Crippen molar-refractivity contribution in [3.05, 3.63) is 199 Å². The van der Waals surface area contributed by atoms with Crippen molar-refractivity contribution >= 4 is 81.5 Å². The van der Waals surface area contributed by atoms with Gasteiger partial charge in [0.15, 0.2) is 0 Å². The predicted molar refractivity (Wildman–Crippen MR) is 223 cm³/mol. The first-order valence-corrected chi connectivity index (χ1v) is 18.7. The number of carbonyl (C=O) groups is 2. The van der Waals surface area contributed by atoms with Crippen molar-refractivity contribution in [2.45, 2.75) is 9.79 Å². The van der Waals surface area contributed by atoms with Gasteiger partial charge in [-0.2, -0.15) is 0 Å². The lowest BCUT2D eigenvalue weighted by Gasteiger charge is -2.26. The highest BCUT2D eigenvalue weighted by Crippen LogP contribution is 2.48. The Hall–Kier alpha value is -7.97. The summed E-state index contributed by atoms with van der Waals surface area (Å²) in [5.41, 5.74) is 4.35. The van der Waals surface area contributed by atoms with Gasteiger partial charge in [-0.15, -0.1) is 0 Å². The largest absolute Gasteiger partial charge is 0.354 e. The van der Waals surface area contributed by atoms with E-state index in [9.17, 15) is 29.8 Å². The number of hydrogen-bond donors (Lipinski definition) is 1. The van der Waals surface area contributed by atoms with Crippen molar-refractivity contribution < 1.29 is 19.4 Å². The van der Waals surface area contributed by atoms with Gasteiger partial charge in [0.25, 0.3) is 23.2 Å². The molecule has 58 heavy (non-hydrogen) atoms. The summed E-state index contributed by atoms with van der Waals surface area (Å²) in [7, 11) is 0. The van der Waals surface area contributed by atoms with Crippen molar-refractivity contribution in [2.75, 3.05) is 15.1 Å². The summed E-state index contributed by atoms with van der Waals surface area (Å²) in [6, 6.07) is 41.9. The lowest BCUT2D eigenvalue weighted by Crippen LogP contribution is -2.33. The van der Waals surface area contributed by atoms with Crippen LogP contribution in [0.25, 0.3) is 12.2 Å². The van der Waals surface area contributed by atoms with Crippen molar-refractivity contribution in [1.29, 1.82) is 0 Å². The lowest BCUT2D eigenvalue weighted by molar-refractivity contribution is -0.385. The number of benzene rings is 6. The van der Waals surface area contributed by atoms with Crippen LogP contribution in [0.5, 0.6) is 0 Å². The van der Waals surface area contributed by atoms with E-state index >= 15 is 0 Å². The maximum Gasteiger partial charge on any atom is 0.282 e. The zero-order valence-electron chi connectivity index (χ0n) is 30.1. The van der Waals surface area contributed by atoms with Gasteiger partial charge in [-0.1, -0.05) is 96.7 Å². The van der Waals surface area contributed by atoms with Crippen LogP contribution in [0.2, 0.25) is 0 Å². The summed E-state index contributed by atoms with van der Waals surface area (Å²) in [5, 5.41) is 27.0. The summed E-state index contributed by atoms with van der Waals surface area (Å²) < 4.78 is 0. The number of amidine groups is 2. The molecule has 1 N–H and O–H groups in total. The molecule has 0 aliphatic carbocycles. The van der Waals surface area contributed by atoms with Crippen molar-refractivity contribution in [3.8, 4) is 0 Å². The molecule has 0 fully saturated rings. The van der Waals surface area contributed by atoms with Gasteiger partial charge in [0, 0.05) is 33.1 Å². The average Bonchev–Trinajstić information content (AvgIpc) is 3.75. The summed E-state index contributed by atoms with van der Waals surface area (Å²) in [6.45, 7) is 0. The summed E-state index contributed by atoms with van der Waals surface area (Å²) in [6.07, 6.45) is 2.87. The number of nitro groups is 2. The fourth-order valence-electron chi connectivity index (χ4n) is 6.86. The van der Waals surface area contributed by atoms with Crippen LogP contribution < -0.4 is 15.1 Å². The SMILES string of the molecule is O=C1/C(=C/c2ccccc2[N+](=O)[O-])N=C(c2ccccc2)N1c1ccc2c(c1)Sc1cc(N3C(=O)/C(=C\c4ccccc4[N+](=O)[O-])N=C3c3ccccc3)ccc1N2. The van der Waals surface area contributed by atoms with Crippen LogP contribution in [0.15, 0.2) is 177 Å². The van der Waals surface area contributed by atoms with Gasteiger partial charge >= 0.3 is 0 Å². The second-order valence-corrected chi connectivity index (χ2v) is 14.2. The van der Waals surface area contributed by atoms with E-state index in [1.807, 2.05) is 97.1 Å². The van der Waals surface area contributed by atoms with Crippen molar-refractivity contribution in [2.24, 2.45) is 9.98 Å². The van der Waals surface area contributed by atoms with E-state index in [-0.39, 0.29) is 33.9 Å². The quantitative estimate of drug-likeness (QED) is 0.0905. The number of carbonyl (C=O) groups excluding carboxylic acids is 2. The third kappa shape index (κ3) is 6.48. The first-order valence-electron chi connectivity index (χ1n) is 17.8. The van der Waals surface area contributed by atoms with Crippen LogP contribution in [0.4, 0.5) is 34.1 Å².